The largest absolute Gasteiger partial charge is 0.330 e. The van der Waals surface area contributed by atoms with Crippen LogP contribution in [0.2, 0.25) is 0 Å². The van der Waals surface area contributed by atoms with Gasteiger partial charge in [0.1, 0.15) is 0 Å². The Morgan fingerprint density at radius 3 is 2.62 bits per heavy atom. The molecule has 1 aromatic rings. The molecule has 3 rings (SSSR count). The van der Waals surface area contributed by atoms with E-state index in [1.807, 2.05) is 30.3 Å². The Morgan fingerprint density at radius 1 is 1.19 bits per heavy atom. The van der Waals surface area contributed by atoms with Crippen LogP contribution in [0.25, 0.3) is 0 Å². The number of hydrogen-bond donors (Lipinski definition) is 1. The standard InChI is InChI=1S/C19H27NO/c1-18-10-5-6-11-19(18,14-20)13-16(9-12-18)17(21)15-7-3-2-4-8-15/h2-4,7-8,16H,5-6,9-14,20H2,1H3/t16-,18-,19-/m1/s1. The number of hydrogen-bond acceptors (Lipinski definition) is 2. The van der Waals surface area contributed by atoms with E-state index >= 15 is 0 Å². The fourth-order valence-electron chi connectivity index (χ4n) is 4.84. The highest BCUT2D eigenvalue weighted by Gasteiger charge is 2.52. The summed E-state index contributed by atoms with van der Waals surface area (Å²) in [6, 6.07) is 9.79. The van der Waals surface area contributed by atoms with Crippen LogP contribution >= 0.6 is 0 Å². The van der Waals surface area contributed by atoms with Crippen LogP contribution in [0.4, 0.5) is 0 Å². The molecule has 3 atom stereocenters. The average molecular weight is 285 g/mol. The van der Waals surface area contributed by atoms with E-state index in [1.165, 1.54) is 25.7 Å². The van der Waals surface area contributed by atoms with Crippen molar-refractivity contribution in [2.45, 2.75) is 51.9 Å². The van der Waals surface area contributed by atoms with Gasteiger partial charge in [0.2, 0.25) is 0 Å². The van der Waals surface area contributed by atoms with Gasteiger partial charge in [-0.1, -0.05) is 50.1 Å². The Morgan fingerprint density at radius 2 is 1.90 bits per heavy atom. The van der Waals surface area contributed by atoms with Gasteiger partial charge in [-0.15, -0.1) is 0 Å². The SMILES string of the molecule is C[C@]12CCCC[C@]1(CN)C[C@H](C(=O)c1ccccc1)CC2. The van der Waals surface area contributed by atoms with E-state index in [1.54, 1.807) is 0 Å². The molecule has 0 bridgehead atoms. The van der Waals surface area contributed by atoms with Crippen molar-refractivity contribution in [2.24, 2.45) is 22.5 Å². The molecule has 2 saturated carbocycles. The average Bonchev–Trinajstić information content (AvgIpc) is 2.54. The fraction of sp³-hybridized carbons (Fsp3) is 0.632. The lowest BCUT2D eigenvalue weighted by molar-refractivity contribution is -0.0499. The summed E-state index contributed by atoms with van der Waals surface area (Å²) in [6.07, 6.45) is 8.29. The zero-order valence-electron chi connectivity index (χ0n) is 13.1. The molecular formula is C19H27NO. The second-order valence-electron chi connectivity index (χ2n) is 7.42. The van der Waals surface area contributed by atoms with Gasteiger partial charge in [-0.2, -0.15) is 0 Å². The van der Waals surface area contributed by atoms with Crippen molar-refractivity contribution in [1.29, 1.82) is 0 Å². The van der Waals surface area contributed by atoms with Crippen LogP contribution in [0.3, 0.4) is 0 Å². The van der Waals surface area contributed by atoms with Crippen molar-refractivity contribution in [3.8, 4) is 0 Å². The van der Waals surface area contributed by atoms with Crippen LogP contribution in [0, 0.1) is 16.7 Å². The van der Waals surface area contributed by atoms with Gasteiger partial charge in [0.15, 0.2) is 5.78 Å². The smallest absolute Gasteiger partial charge is 0.165 e. The lowest BCUT2D eigenvalue weighted by atomic mass is 9.48. The topological polar surface area (TPSA) is 43.1 Å². The van der Waals surface area contributed by atoms with Crippen LogP contribution < -0.4 is 5.73 Å². The Kier molecular flexibility index (Phi) is 3.92. The molecule has 0 saturated heterocycles. The molecule has 0 heterocycles. The second kappa shape index (κ2) is 5.57. The first-order valence-electron chi connectivity index (χ1n) is 8.40. The maximum Gasteiger partial charge on any atom is 0.165 e. The maximum absolute atomic E-state index is 12.8. The Balaban J connectivity index is 1.83. The molecular weight excluding hydrogens is 258 g/mol. The summed E-state index contributed by atoms with van der Waals surface area (Å²) in [4.78, 5) is 12.8. The predicted octanol–water partition coefficient (Wildman–Crippen LogP) is 4.19. The number of Topliss-reactive ketones (excluding diaryl/α,β-unsaturated/α-hetero) is 1. The maximum atomic E-state index is 12.8. The van der Waals surface area contributed by atoms with Crippen molar-refractivity contribution in [2.75, 3.05) is 6.54 Å². The van der Waals surface area contributed by atoms with E-state index in [2.05, 4.69) is 6.92 Å². The molecule has 0 aromatic heterocycles. The molecule has 1 aromatic carbocycles. The number of ketones is 1. The fourth-order valence-corrected chi connectivity index (χ4v) is 4.84. The quantitative estimate of drug-likeness (QED) is 0.846. The van der Waals surface area contributed by atoms with Gasteiger partial charge in [-0.05, 0) is 49.5 Å². The Labute approximate surface area is 128 Å². The normalized spacial score (nSPS) is 36.0. The molecule has 2 heteroatoms. The van der Waals surface area contributed by atoms with Crippen LogP contribution in [-0.2, 0) is 0 Å². The third kappa shape index (κ3) is 2.44. The van der Waals surface area contributed by atoms with Crippen LogP contribution in [-0.4, -0.2) is 12.3 Å². The highest BCUT2D eigenvalue weighted by molar-refractivity contribution is 5.97. The van der Waals surface area contributed by atoms with E-state index in [4.69, 9.17) is 5.73 Å². The van der Waals surface area contributed by atoms with E-state index in [-0.39, 0.29) is 11.3 Å². The molecule has 2 aliphatic carbocycles. The molecule has 2 nitrogen and oxygen atoms in total. The Bertz CT molecular complexity index is 512. The first-order chi connectivity index (χ1) is 10.1. The molecule has 114 valence electrons. The summed E-state index contributed by atoms with van der Waals surface area (Å²) in [5.74, 6) is 0.498. The van der Waals surface area contributed by atoms with Crippen molar-refractivity contribution < 1.29 is 4.79 Å². The second-order valence-corrected chi connectivity index (χ2v) is 7.42. The molecule has 2 aliphatic rings. The number of rotatable bonds is 3. The van der Waals surface area contributed by atoms with Gasteiger partial charge < -0.3 is 5.73 Å². The lowest BCUT2D eigenvalue weighted by Gasteiger charge is -2.56. The minimum Gasteiger partial charge on any atom is -0.330 e. The van der Waals surface area contributed by atoms with E-state index in [0.717, 1.165) is 31.4 Å². The summed E-state index contributed by atoms with van der Waals surface area (Å²) in [5.41, 5.74) is 7.64. The molecule has 0 radical (unpaired) electrons. The van der Waals surface area contributed by atoms with Crippen molar-refractivity contribution in [3.63, 3.8) is 0 Å². The van der Waals surface area contributed by atoms with Crippen molar-refractivity contribution in [3.05, 3.63) is 35.9 Å². The van der Waals surface area contributed by atoms with Crippen LogP contribution in [0.5, 0.6) is 0 Å². The number of benzene rings is 1. The highest BCUT2D eigenvalue weighted by atomic mass is 16.1. The minimum atomic E-state index is 0.169. The summed E-state index contributed by atoms with van der Waals surface area (Å²) in [5, 5.41) is 0. The zero-order valence-corrected chi connectivity index (χ0v) is 13.1. The van der Waals surface area contributed by atoms with Gasteiger partial charge in [-0.3, -0.25) is 4.79 Å². The highest BCUT2D eigenvalue weighted by Crippen LogP contribution is 2.59. The van der Waals surface area contributed by atoms with Gasteiger partial charge in [0.05, 0.1) is 0 Å². The minimum absolute atomic E-state index is 0.169. The number of carbonyl (C=O) groups excluding carboxylic acids is 1. The van der Waals surface area contributed by atoms with Crippen molar-refractivity contribution >= 4 is 5.78 Å². The van der Waals surface area contributed by atoms with E-state index in [9.17, 15) is 4.79 Å². The monoisotopic (exact) mass is 285 g/mol. The van der Waals surface area contributed by atoms with Crippen LogP contribution in [0.1, 0.15) is 62.2 Å². The van der Waals surface area contributed by atoms with Gasteiger partial charge in [-0.25, -0.2) is 0 Å². The molecule has 0 spiro atoms. The number of carbonyl (C=O) groups is 1. The molecule has 2 N–H and O–H groups in total. The predicted molar refractivity (Wildman–Crippen MR) is 86.2 cm³/mol. The molecule has 21 heavy (non-hydrogen) atoms. The van der Waals surface area contributed by atoms with Gasteiger partial charge >= 0.3 is 0 Å². The zero-order chi connectivity index (χ0) is 14.9. The third-order valence-electron chi connectivity index (χ3n) is 6.42. The van der Waals surface area contributed by atoms with Gasteiger partial charge in [0, 0.05) is 11.5 Å². The van der Waals surface area contributed by atoms with E-state index < -0.39 is 0 Å². The molecule has 0 amide bonds. The van der Waals surface area contributed by atoms with Gasteiger partial charge in [0.25, 0.3) is 0 Å². The number of fused-ring (bicyclic) bond motifs is 1. The summed E-state index contributed by atoms with van der Waals surface area (Å²) in [7, 11) is 0. The first kappa shape index (κ1) is 14.8. The lowest BCUT2D eigenvalue weighted by Crippen LogP contribution is -2.52. The van der Waals surface area contributed by atoms with E-state index in [0.29, 0.717) is 11.2 Å². The molecule has 2 fully saturated rings. The van der Waals surface area contributed by atoms with Crippen LogP contribution in [0.15, 0.2) is 30.3 Å². The Hall–Kier alpha value is -1.15. The molecule has 0 aliphatic heterocycles. The summed E-state index contributed by atoms with van der Waals surface area (Å²) < 4.78 is 0. The number of nitrogens with two attached hydrogens (primary N) is 1. The third-order valence-corrected chi connectivity index (χ3v) is 6.42. The first-order valence-corrected chi connectivity index (χ1v) is 8.40. The summed E-state index contributed by atoms with van der Waals surface area (Å²) >= 11 is 0. The van der Waals surface area contributed by atoms with Crippen molar-refractivity contribution in [1.82, 2.24) is 0 Å². The molecule has 0 unspecified atom stereocenters. The summed E-state index contributed by atoms with van der Waals surface area (Å²) in [6.45, 7) is 3.16.